The molecule has 2 aromatic carbocycles. The Hall–Kier alpha value is -2.82. The van der Waals surface area contributed by atoms with Gasteiger partial charge in [-0.3, -0.25) is 4.79 Å². The highest BCUT2D eigenvalue weighted by Gasteiger charge is 2.24. The highest BCUT2D eigenvalue weighted by Crippen LogP contribution is 2.33. The normalized spacial score (nSPS) is 15.4. The summed E-state index contributed by atoms with van der Waals surface area (Å²) < 4.78 is 4.74. The van der Waals surface area contributed by atoms with E-state index in [1.807, 2.05) is 24.3 Å². The van der Waals surface area contributed by atoms with Crippen LogP contribution in [0, 0.1) is 0 Å². The number of esters is 1. The third-order valence-electron chi connectivity index (χ3n) is 3.98. The fraction of sp³-hybridized carbons (Fsp3) is 0.222. The Morgan fingerprint density at radius 2 is 1.91 bits per heavy atom. The number of fused-ring (bicyclic) bond motifs is 1. The number of ether oxygens (including phenoxy) is 1. The van der Waals surface area contributed by atoms with Gasteiger partial charge >= 0.3 is 5.97 Å². The number of amides is 1. The van der Waals surface area contributed by atoms with E-state index >= 15 is 0 Å². The fourth-order valence-electron chi connectivity index (χ4n) is 2.84. The monoisotopic (exact) mass is 310 g/mol. The Labute approximate surface area is 134 Å². The number of anilines is 2. The summed E-state index contributed by atoms with van der Waals surface area (Å²) in [5.74, 6) is -0.449. The van der Waals surface area contributed by atoms with Crippen LogP contribution in [-0.2, 0) is 9.53 Å². The van der Waals surface area contributed by atoms with Gasteiger partial charge in [-0.25, -0.2) is 4.79 Å². The third kappa shape index (κ3) is 3.18. The first-order chi connectivity index (χ1) is 11.2. The standard InChI is InChI=1S/C18H18N2O3/c1-23-18(22)14-7-3-5-9-16(14)20-17(21)10-12-11-19-15-8-4-2-6-13(12)15/h2-9,12,19H,10-11H2,1H3,(H,20,21). The fourth-order valence-corrected chi connectivity index (χ4v) is 2.84. The second-order valence-electron chi connectivity index (χ2n) is 5.45. The highest BCUT2D eigenvalue weighted by molar-refractivity contribution is 6.01. The van der Waals surface area contributed by atoms with Crippen molar-refractivity contribution in [1.82, 2.24) is 0 Å². The molecule has 2 N–H and O–H groups in total. The van der Waals surface area contributed by atoms with Crippen LogP contribution in [0.4, 0.5) is 11.4 Å². The summed E-state index contributed by atoms with van der Waals surface area (Å²) in [6.07, 6.45) is 0.361. The molecule has 0 saturated heterocycles. The van der Waals surface area contributed by atoms with Crippen molar-refractivity contribution in [1.29, 1.82) is 0 Å². The first-order valence-corrected chi connectivity index (χ1v) is 7.49. The second kappa shape index (κ2) is 6.52. The Morgan fingerprint density at radius 3 is 2.74 bits per heavy atom. The van der Waals surface area contributed by atoms with Gasteiger partial charge in [0.15, 0.2) is 0 Å². The van der Waals surface area contributed by atoms with Crippen molar-refractivity contribution >= 4 is 23.3 Å². The van der Waals surface area contributed by atoms with Gasteiger partial charge in [0, 0.05) is 24.6 Å². The van der Waals surface area contributed by atoms with Gasteiger partial charge in [0.1, 0.15) is 0 Å². The lowest BCUT2D eigenvalue weighted by Crippen LogP contribution is -2.18. The van der Waals surface area contributed by atoms with Crippen LogP contribution >= 0.6 is 0 Å². The Morgan fingerprint density at radius 1 is 1.17 bits per heavy atom. The summed E-state index contributed by atoms with van der Waals surface area (Å²) in [6.45, 7) is 0.741. The van der Waals surface area contributed by atoms with Crippen LogP contribution < -0.4 is 10.6 Å². The molecule has 3 rings (SSSR count). The summed E-state index contributed by atoms with van der Waals surface area (Å²) in [5, 5.41) is 6.12. The lowest BCUT2D eigenvalue weighted by molar-refractivity contribution is -0.116. The molecule has 0 bridgehead atoms. The minimum Gasteiger partial charge on any atom is -0.465 e. The average molecular weight is 310 g/mol. The van der Waals surface area contributed by atoms with E-state index in [2.05, 4.69) is 10.6 Å². The minimum atomic E-state index is -0.464. The number of nitrogens with one attached hydrogen (secondary N) is 2. The molecule has 1 aliphatic heterocycles. The summed E-state index contributed by atoms with van der Waals surface area (Å²) in [6, 6.07) is 14.8. The maximum atomic E-state index is 12.4. The Kier molecular flexibility index (Phi) is 4.28. The quantitative estimate of drug-likeness (QED) is 0.852. The Balaban J connectivity index is 1.71. The molecule has 1 aliphatic rings. The maximum absolute atomic E-state index is 12.4. The van der Waals surface area contributed by atoms with E-state index in [0.717, 1.165) is 17.8 Å². The van der Waals surface area contributed by atoms with Crippen LogP contribution in [0.1, 0.15) is 28.3 Å². The van der Waals surface area contributed by atoms with Crippen LogP contribution in [0.15, 0.2) is 48.5 Å². The van der Waals surface area contributed by atoms with Crippen LogP contribution in [0.2, 0.25) is 0 Å². The molecule has 0 aromatic heterocycles. The first-order valence-electron chi connectivity index (χ1n) is 7.49. The van der Waals surface area contributed by atoms with E-state index in [-0.39, 0.29) is 11.8 Å². The molecular formula is C18H18N2O3. The first kappa shape index (κ1) is 15.1. The second-order valence-corrected chi connectivity index (χ2v) is 5.45. The molecule has 0 saturated carbocycles. The van der Waals surface area contributed by atoms with Crippen LogP contribution in [0.3, 0.4) is 0 Å². The van der Waals surface area contributed by atoms with Gasteiger partial charge in [-0.05, 0) is 23.8 Å². The minimum absolute atomic E-state index is 0.121. The molecule has 23 heavy (non-hydrogen) atoms. The van der Waals surface area contributed by atoms with Gasteiger partial charge < -0.3 is 15.4 Å². The zero-order valence-electron chi connectivity index (χ0n) is 12.8. The smallest absolute Gasteiger partial charge is 0.339 e. The summed E-state index contributed by atoms with van der Waals surface area (Å²) in [5.41, 5.74) is 3.07. The molecule has 2 aromatic rings. The van der Waals surface area contributed by atoms with Gasteiger partial charge in [0.2, 0.25) is 5.91 Å². The topological polar surface area (TPSA) is 67.4 Å². The number of para-hydroxylation sites is 2. The maximum Gasteiger partial charge on any atom is 0.339 e. The van der Waals surface area contributed by atoms with Crippen molar-refractivity contribution < 1.29 is 14.3 Å². The van der Waals surface area contributed by atoms with Gasteiger partial charge in [0.05, 0.1) is 18.4 Å². The lowest BCUT2D eigenvalue weighted by Gasteiger charge is -2.12. The molecule has 1 unspecified atom stereocenters. The van der Waals surface area contributed by atoms with Crippen LogP contribution in [-0.4, -0.2) is 25.5 Å². The molecule has 0 aliphatic carbocycles. The Bertz CT molecular complexity index is 743. The average Bonchev–Trinajstić information content (AvgIpc) is 2.98. The highest BCUT2D eigenvalue weighted by atomic mass is 16.5. The SMILES string of the molecule is COC(=O)c1ccccc1NC(=O)CC1CNc2ccccc21. The van der Waals surface area contributed by atoms with Gasteiger partial charge in [-0.2, -0.15) is 0 Å². The number of carbonyl (C=O) groups excluding carboxylic acids is 2. The summed E-state index contributed by atoms with van der Waals surface area (Å²) in [7, 11) is 1.32. The van der Waals surface area contributed by atoms with Crippen LogP contribution in [0.5, 0.6) is 0 Å². The van der Waals surface area contributed by atoms with Crippen molar-refractivity contribution in [3.63, 3.8) is 0 Å². The summed E-state index contributed by atoms with van der Waals surface area (Å²) >= 11 is 0. The number of methoxy groups -OCH3 is 1. The third-order valence-corrected chi connectivity index (χ3v) is 3.98. The zero-order valence-corrected chi connectivity index (χ0v) is 12.8. The van der Waals surface area contributed by atoms with E-state index in [9.17, 15) is 9.59 Å². The number of benzene rings is 2. The number of carbonyl (C=O) groups is 2. The van der Waals surface area contributed by atoms with E-state index in [4.69, 9.17) is 4.74 Å². The van der Waals surface area contributed by atoms with E-state index in [1.54, 1.807) is 24.3 Å². The van der Waals surface area contributed by atoms with E-state index in [0.29, 0.717) is 17.7 Å². The van der Waals surface area contributed by atoms with Gasteiger partial charge in [0.25, 0.3) is 0 Å². The molecular weight excluding hydrogens is 292 g/mol. The van der Waals surface area contributed by atoms with Gasteiger partial charge in [-0.15, -0.1) is 0 Å². The van der Waals surface area contributed by atoms with Crippen molar-refractivity contribution in [2.24, 2.45) is 0 Å². The molecule has 5 heteroatoms. The molecule has 5 nitrogen and oxygen atoms in total. The summed E-state index contributed by atoms with van der Waals surface area (Å²) in [4.78, 5) is 24.1. The van der Waals surface area contributed by atoms with Crippen molar-refractivity contribution in [3.05, 3.63) is 59.7 Å². The van der Waals surface area contributed by atoms with Crippen molar-refractivity contribution in [2.45, 2.75) is 12.3 Å². The van der Waals surface area contributed by atoms with Crippen LogP contribution in [0.25, 0.3) is 0 Å². The molecule has 118 valence electrons. The molecule has 0 fully saturated rings. The largest absolute Gasteiger partial charge is 0.465 e. The molecule has 0 spiro atoms. The van der Waals surface area contributed by atoms with Gasteiger partial charge in [-0.1, -0.05) is 30.3 Å². The van der Waals surface area contributed by atoms with Crippen molar-refractivity contribution in [2.75, 3.05) is 24.3 Å². The number of hydrogen-bond donors (Lipinski definition) is 2. The molecule has 1 heterocycles. The van der Waals surface area contributed by atoms with Crippen molar-refractivity contribution in [3.8, 4) is 0 Å². The number of rotatable bonds is 4. The predicted octanol–water partition coefficient (Wildman–Crippen LogP) is 3.01. The van der Waals surface area contributed by atoms with E-state index < -0.39 is 5.97 Å². The molecule has 0 radical (unpaired) electrons. The predicted molar refractivity (Wildman–Crippen MR) is 88.7 cm³/mol. The zero-order chi connectivity index (χ0) is 16.2. The number of hydrogen-bond acceptors (Lipinski definition) is 4. The van der Waals surface area contributed by atoms with E-state index in [1.165, 1.54) is 7.11 Å². The lowest BCUT2D eigenvalue weighted by atomic mass is 9.97. The molecule has 1 atom stereocenters. The molecule has 1 amide bonds.